The van der Waals surface area contributed by atoms with Gasteiger partial charge >= 0.3 is 0 Å². The van der Waals surface area contributed by atoms with Crippen LogP contribution in [0.15, 0.2) is 33.8 Å². The third-order valence-corrected chi connectivity index (χ3v) is 7.56. The molecular weight excluding hydrogens is 260 g/mol. The molecule has 0 radical (unpaired) electrons. The maximum atomic E-state index is 8.56. The second-order valence-corrected chi connectivity index (χ2v) is 12.9. The van der Waals surface area contributed by atoms with Gasteiger partial charge in [0.15, 0.2) is 16.5 Å². The Balaban J connectivity index is 3.14. The SMILES string of the molecule is C[Si](C)(N=[N+]=[N-])c1ccc([Si](C)(C)N=[N+]=[N-])cc1. The van der Waals surface area contributed by atoms with Crippen molar-refractivity contribution in [2.45, 2.75) is 26.2 Å². The van der Waals surface area contributed by atoms with Crippen LogP contribution < -0.4 is 10.4 Å². The van der Waals surface area contributed by atoms with Gasteiger partial charge in [-0.05, 0) is 20.9 Å². The second-order valence-electron chi connectivity index (χ2n) is 5.07. The first-order valence-electron chi connectivity index (χ1n) is 5.57. The van der Waals surface area contributed by atoms with Gasteiger partial charge in [-0.15, -0.1) is 9.56 Å². The van der Waals surface area contributed by atoms with Crippen molar-refractivity contribution in [1.29, 1.82) is 0 Å². The van der Waals surface area contributed by atoms with Crippen LogP contribution in [0.1, 0.15) is 0 Å². The highest BCUT2D eigenvalue weighted by atomic mass is 28.3. The Bertz CT molecular complexity index is 475. The van der Waals surface area contributed by atoms with Crippen molar-refractivity contribution in [2.75, 3.05) is 0 Å². The summed E-state index contributed by atoms with van der Waals surface area (Å²) in [5, 5.41) is 2.16. The summed E-state index contributed by atoms with van der Waals surface area (Å²) >= 11 is 0. The third kappa shape index (κ3) is 3.15. The molecule has 1 rings (SSSR count). The van der Waals surface area contributed by atoms with Gasteiger partial charge in [-0.2, -0.15) is 0 Å². The molecule has 0 N–H and O–H groups in total. The lowest BCUT2D eigenvalue weighted by atomic mass is 10.4. The van der Waals surface area contributed by atoms with Crippen molar-refractivity contribution in [1.82, 2.24) is 0 Å². The van der Waals surface area contributed by atoms with Gasteiger partial charge in [0.05, 0.1) is 0 Å². The van der Waals surface area contributed by atoms with Gasteiger partial charge in [-0.3, -0.25) is 0 Å². The lowest BCUT2D eigenvalue weighted by Gasteiger charge is -2.19. The highest BCUT2D eigenvalue weighted by molar-refractivity contribution is 6.89. The van der Waals surface area contributed by atoms with Crippen LogP contribution in [0.5, 0.6) is 0 Å². The van der Waals surface area contributed by atoms with Crippen molar-refractivity contribution < 1.29 is 0 Å². The van der Waals surface area contributed by atoms with Crippen LogP contribution in [0.2, 0.25) is 26.2 Å². The fourth-order valence-electron chi connectivity index (χ4n) is 1.63. The van der Waals surface area contributed by atoms with E-state index in [1.807, 2.05) is 50.5 Å². The van der Waals surface area contributed by atoms with E-state index in [9.17, 15) is 0 Å². The maximum Gasteiger partial charge on any atom is 0.181 e. The lowest BCUT2D eigenvalue weighted by Crippen LogP contribution is -2.43. The minimum Gasteiger partial charge on any atom is -0.119 e. The molecule has 0 bridgehead atoms. The third-order valence-electron chi connectivity index (χ3n) is 2.89. The Labute approximate surface area is 108 Å². The van der Waals surface area contributed by atoms with Gasteiger partial charge in [0.25, 0.3) is 0 Å². The molecule has 1 aromatic rings. The quantitative estimate of drug-likeness (QED) is 0.349. The number of rotatable bonds is 4. The molecule has 1 aromatic carbocycles. The number of hydrogen-bond acceptors (Lipinski definition) is 2. The Kier molecular flexibility index (Phi) is 4.21. The minimum atomic E-state index is -2.06. The molecule has 94 valence electrons. The zero-order chi connectivity index (χ0) is 13.8. The summed E-state index contributed by atoms with van der Waals surface area (Å²) in [4.78, 5) is 5.83. The second kappa shape index (κ2) is 5.28. The molecule has 0 aliphatic carbocycles. The Hall–Kier alpha value is -1.73. The van der Waals surface area contributed by atoms with E-state index in [4.69, 9.17) is 11.1 Å². The fraction of sp³-hybridized carbons (Fsp3) is 0.400. The van der Waals surface area contributed by atoms with E-state index >= 15 is 0 Å². The van der Waals surface area contributed by atoms with Gasteiger partial charge in [0, 0.05) is 0 Å². The van der Waals surface area contributed by atoms with Gasteiger partial charge in [-0.25, -0.2) is 0 Å². The predicted molar refractivity (Wildman–Crippen MR) is 79.0 cm³/mol. The summed E-state index contributed by atoms with van der Waals surface area (Å²) in [7, 11) is -4.12. The molecular formula is C10H16N6Si2. The van der Waals surface area contributed by atoms with Crippen molar-refractivity contribution in [3.05, 3.63) is 45.2 Å². The lowest BCUT2D eigenvalue weighted by molar-refractivity contribution is 1.52. The summed E-state index contributed by atoms with van der Waals surface area (Å²) in [5.41, 5.74) is 17.1. The summed E-state index contributed by atoms with van der Waals surface area (Å²) in [5.74, 6) is 0. The van der Waals surface area contributed by atoms with Crippen LogP contribution in [0.4, 0.5) is 0 Å². The van der Waals surface area contributed by atoms with Crippen LogP contribution in [0, 0.1) is 0 Å². The van der Waals surface area contributed by atoms with Gasteiger partial charge in [-0.1, -0.05) is 60.8 Å². The Morgan fingerprint density at radius 1 is 0.778 bits per heavy atom. The van der Waals surface area contributed by atoms with Gasteiger partial charge in [0.2, 0.25) is 0 Å². The Morgan fingerprint density at radius 2 is 1.06 bits per heavy atom. The molecule has 0 atom stereocenters. The standard InChI is InChI=1S/C10H16N6Si2/c1-17(2,15-13-11)9-5-7-10(8-6-9)18(3,4)16-14-12/h5-8H,1-4H3. The number of nitrogens with zero attached hydrogens (tertiary/aromatic N) is 6. The molecule has 0 saturated heterocycles. The molecule has 0 amide bonds. The van der Waals surface area contributed by atoms with Crippen molar-refractivity contribution in [3.8, 4) is 0 Å². The fourth-order valence-corrected chi connectivity index (χ4v) is 4.27. The predicted octanol–water partition coefficient (Wildman–Crippen LogP) is 3.13. The van der Waals surface area contributed by atoms with E-state index < -0.39 is 16.5 Å². The molecule has 6 nitrogen and oxygen atoms in total. The van der Waals surface area contributed by atoms with Crippen molar-refractivity contribution in [2.24, 2.45) is 9.56 Å². The molecule has 0 heterocycles. The molecule has 0 fully saturated rings. The van der Waals surface area contributed by atoms with Crippen LogP contribution >= 0.6 is 0 Å². The molecule has 0 unspecified atom stereocenters. The average molecular weight is 276 g/mol. The summed E-state index contributed by atoms with van der Waals surface area (Å²) < 4.78 is 7.81. The summed E-state index contributed by atoms with van der Waals surface area (Å²) in [6.07, 6.45) is 0. The first kappa shape index (κ1) is 14.3. The van der Waals surface area contributed by atoms with Crippen LogP contribution in [0.25, 0.3) is 20.9 Å². The summed E-state index contributed by atoms with van der Waals surface area (Å²) in [6, 6.07) is 7.94. The van der Waals surface area contributed by atoms with E-state index in [0.717, 1.165) is 10.4 Å². The topological polar surface area (TPSA) is 97.5 Å². The first-order valence-corrected chi connectivity index (χ1v) is 11.5. The van der Waals surface area contributed by atoms with Crippen molar-refractivity contribution in [3.63, 3.8) is 0 Å². The highest BCUT2D eigenvalue weighted by Crippen LogP contribution is 2.08. The number of azide groups is 2. The molecule has 0 saturated carbocycles. The van der Waals surface area contributed by atoms with Gasteiger partial charge in [0.1, 0.15) is 0 Å². The molecule has 18 heavy (non-hydrogen) atoms. The first-order chi connectivity index (χ1) is 8.33. The van der Waals surface area contributed by atoms with Crippen LogP contribution in [0.3, 0.4) is 0 Å². The summed E-state index contributed by atoms with van der Waals surface area (Å²) in [6.45, 7) is 7.99. The molecule has 0 aliphatic rings. The monoisotopic (exact) mass is 276 g/mol. The van der Waals surface area contributed by atoms with E-state index in [2.05, 4.69) is 19.4 Å². The highest BCUT2D eigenvalue weighted by Gasteiger charge is 2.25. The molecule has 0 aliphatic heterocycles. The zero-order valence-electron chi connectivity index (χ0n) is 11.0. The van der Waals surface area contributed by atoms with Crippen molar-refractivity contribution >= 4 is 26.8 Å². The molecule has 0 aromatic heterocycles. The van der Waals surface area contributed by atoms with E-state index in [0.29, 0.717) is 0 Å². The van der Waals surface area contributed by atoms with E-state index in [-0.39, 0.29) is 0 Å². The average Bonchev–Trinajstić information content (AvgIpc) is 2.29. The van der Waals surface area contributed by atoms with E-state index in [1.165, 1.54) is 0 Å². The van der Waals surface area contributed by atoms with Crippen LogP contribution in [-0.4, -0.2) is 16.5 Å². The molecule has 8 heteroatoms. The number of hydrogen-bond donors (Lipinski definition) is 0. The normalized spacial score (nSPS) is 11.3. The number of benzene rings is 1. The minimum absolute atomic E-state index is 1.08. The smallest absolute Gasteiger partial charge is 0.119 e. The van der Waals surface area contributed by atoms with Crippen LogP contribution in [-0.2, 0) is 0 Å². The zero-order valence-corrected chi connectivity index (χ0v) is 13.0. The maximum absolute atomic E-state index is 8.56. The van der Waals surface area contributed by atoms with E-state index in [1.54, 1.807) is 0 Å². The van der Waals surface area contributed by atoms with Gasteiger partial charge < -0.3 is 0 Å². The molecule has 0 spiro atoms. The largest absolute Gasteiger partial charge is 0.181 e. The Morgan fingerprint density at radius 3 is 1.28 bits per heavy atom.